The molecule has 178 valence electrons. The molecule has 2 heterocycles. The third-order valence-electron chi connectivity index (χ3n) is 7.42. The van der Waals surface area contributed by atoms with E-state index in [4.69, 9.17) is 0 Å². The van der Waals surface area contributed by atoms with Gasteiger partial charge >= 0.3 is 0 Å². The van der Waals surface area contributed by atoms with Crippen molar-refractivity contribution in [3.05, 3.63) is 66.2 Å². The van der Waals surface area contributed by atoms with Crippen molar-refractivity contribution in [2.24, 2.45) is 5.92 Å². The molecule has 1 N–H and O–H groups in total. The highest BCUT2D eigenvalue weighted by molar-refractivity contribution is 5.96. The zero-order chi connectivity index (χ0) is 23.7. The molecule has 2 aromatic carbocycles. The largest absolute Gasteiger partial charge is 0.348 e. The molecule has 0 aromatic heterocycles. The Hall–Kier alpha value is -3.35. The number of carbonyl (C=O) groups is 3. The van der Waals surface area contributed by atoms with Crippen molar-refractivity contribution < 1.29 is 14.4 Å². The molecule has 0 bridgehead atoms. The fourth-order valence-corrected chi connectivity index (χ4v) is 5.29. The summed E-state index contributed by atoms with van der Waals surface area (Å²) in [5.74, 6) is 0.233. The Balaban J connectivity index is 1.31. The maximum Gasteiger partial charge on any atom is 0.250 e. The van der Waals surface area contributed by atoms with Gasteiger partial charge in [-0.1, -0.05) is 48.5 Å². The summed E-state index contributed by atoms with van der Waals surface area (Å²) in [6.45, 7) is 3.49. The number of likely N-dealkylation sites (tertiary alicyclic amines) is 1. The van der Waals surface area contributed by atoms with Crippen molar-refractivity contribution in [3.8, 4) is 0 Å². The van der Waals surface area contributed by atoms with E-state index in [1.165, 1.54) is 0 Å². The van der Waals surface area contributed by atoms with Gasteiger partial charge in [0.2, 0.25) is 11.8 Å². The Labute approximate surface area is 200 Å². The molecule has 1 saturated carbocycles. The van der Waals surface area contributed by atoms with E-state index in [1.807, 2.05) is 72.5 Å². The standard InChI is InChI=1S/C27H32N4O3/c1-20(21-8-4-2-5-9-21)28-24(32)18-30-19-31(23-10-6-3-7-11-23)27(26(30)34)14-16-29(17-15-27)25(33)22-12-13-22/h2-11,20,22H,12-19H2,1H3,(H,28,32). The van der Waals surface area contributed by atoms with Gasteiger partial charge in [0.05, 0.1) is 12.7 Å². The van der Waals surface area contributed by atoms with Crippen molar-refractivity contribution in [1.82, 2.24) is 15.1 Å². The number of hydrogen-bond donors (Lipinski definition) is 1. The molecule has 1 aliphatic carbocycles. The maximum absolute atomic E-state index is 13.8. The van der Waals surface area contributed by atoms with E-state index in [0.29, 0.717) is 32.6 Å². The molecule has 2 aromatic rings. The second kappa shape index (κ2) is 9.12. The molecule has 2 saturated heterocycles. The molecule has 1 spiro atoms. The first-order chi connectivity index (χ1) is 16.5. The lowest BCUT2D eigenvalue weighted by atomic mass is 9.85. The van der Waals surface area contributed by atoms with Gasteiger partial charge in [0.15, 0.2) is 0 Å². The Bertz CT molecular complexity index is 1050. The van der Waals surface area contributed by atoms with E-state index in [2.05, 4.69) is 10.2 Å². The minimum atomic E-state index is -0.715. The van der Waals surface area contributed by atoms with Crippen LogP contribution in [-0.4, -0.2) is 59.4 Å². The van der Waals surface area contributed by atoms with Crippen LogP contribution < -0.4 is 10.2 Å². The summed E-state index contributed by atoms with van der Waals surface area (Å²) in [7, 11) is 0. The number of piperidine rings is 1. The van der Waals surface area contributed by atoms with Crippen LogP contribution in [0.1, 0.15) is 44.2 Å². The second-order valence-electron chi connectivity index (χ2n) is 9.74. The molecule has 7 nitrogen and oxygen atoms in total. The molecule has 3 fully saturated rings. The van der Waals surface area contributed by atoms with Crippen molar-refractivity contribution in [3.63, 3.8) is 0 Å². The topological polar surface area (TPSA) is 73.0 Å². The summed E-state index contributed by atoms with van der Waals surface area (Å²) >= 11 is 0. The van der Waals surface area contributed by atoms with Crippen LogP contribution in [0.5, 0.6) is 0 Å². The summed E-state index contributed by atoms with van der Waals surface area (Å²) in [5, 5.41) is 3.03. The summed E-state index contributed by atoms with van der Waals surface area (Å²) in [4.78, 5) is 45.0. The first-order valence-electron chi connectivity index (χ1n) is 12.2. The lowest BCUT2D eigenvalue weighted by Gasteiger charge is -2.43. The highest BCUT2D eigenvalue weighted by Gasteiger charge is 2.54. The monoisotopic (exact) mass is 460 g/mol. The van der Waals surface area contributed by atoms with Gasteiger partial charge in [0.1, 0.15) is 12.1 Å². The third kappa shape index (κ3) is 4.27. The molecule has 5 rings (SSSR count). The number of amides is 3. The SMILES string of the molecule is CC(NC(=O)CN1CN(c2ccccc2)C2(CCN(C(=O)C3CC3)CC2)C1=O)c1ccccc1. The highest BCUT2D eigenvalue weighted by Crippen LogP contribution is 2.40. The quantitative estimate of drug-likeness (QED) is 0.720. The first-order valence-corrected chi connectivity index (χ1v) is 12.2. The minimum absolute atomic E-state index is 0.0163. The summed E-state index contributed by atoms with van der Waals surface area (Å²) in [6, 6.07) is 19.6. The number of carbonyl (C=O) groups excluding carboxylic acids is 3. The van der Waals surface area contributed by atoms with Crippen LogP contribution in [0.4, 0.5) is 5.69 Å². The van der Waals surface area contributed by atoms with Gasteiger partial charge in [-0.3, -0.25) is 14.4 Å². The molecule has 34 heavy (non-hydrogen) atoms. The number of anilines is 1. The lowest BCUT2D eigenvalue weighted by molar-refractivity contribution is -0.140. The van der Waals surface area contributed by atoms with E-state index in [0.717, 1.165) is 24.1 Å². The predicted octanol–water partition coefficient (Wildman–Crippen LogP) is 2.94. The van der Waals surface area contributed by atoms with Gasteiger partial charge in [-0.2, -0.15) is 0 Å². The van der Waals surface area contributed by atoms with Crippen LogP contribution in [-0.2, 0) is 14.4 Å². The third-order valence-corrected chi connectivity index (χ3v) is 7.42. The van der Waals surface area contributed by atoms with Crippen molar-refractivity contribution >= 4 is 23.4 Å². The molecular weight excluding hydrogens is 428 g/mol. The molecule has 0 radical (unpaired) electrons. The van der Waals surface area contributed by atoms with Crippen LogP contribution >= 0.6 is 0 Å². The number of hydrogen-bond acceptors (Lipinski definition) is 4. The minimum Gasteiger partial charge on any atom is -0.348 e. The zero-order valence-corrected chi connectivity index (χ0v) is 19.7. The number of para-hydroxylation sites is 1. The van der Waals surface area contributed by atoms with E-state index in [1.54, 1.807) is 4.90 Å². The molecule has 3 amide bonds. The smallest absolute Gasteiger partial charge is 0.250 e. The highest BCUT2D eigenvalue weighted by atomic mass is 16.2. The molecule has 2 aliphatic heterocycles. The number of nitrogens with zero attached hydrogens (tertiary/aromatic N) is 3. The van der Waals surface area contributed by atoms with E-state index < -0.39 is 5.54 Å². The average molecular weight is 461 g/mol. The fraction of sp³-hybridized carbons (Fsp3) is 0.444. The molecule has 1 unspecified atom stereocenters. The molecule has 1 atom stereocenters. The fourth-order valence-electron chi connectivity index (χ4n) is 5.29. The predicted molar refractivity (Wildman–Crippen MR) is 130 cm³/mol. The Morgan fingerprint density at radius 3 is 2.24 bits per heavy atom. The van der Waals surface area contributed by atoms with Crippen LogP contribution in [0.25, 0.3) is 0 Å². The Kier molecular flexibility index (Phi) is 6.02. The van der Waals surface area contributed by atoms with E-state index in [9.17, 15) is 14.4 Å². The lowest BCUT2D eigenvalue weighted by Crippen LogP contribution is -2.57. The Morgan fingerprint density at radius 1 is 1.00 bits per heavy atom. The average Bonchev–Trinajstić information content (AvgIpc) is 3.69. The molecule has 7 heteroatoms. The summed E-state index contributed by atoms with van der Waals surface area (Å²) < 4.78 is 0. The van der Waals surface area contributed by atoms with Gasteiger partial charge in [-0.05, 0) is 50.3 Å². The van der Waals surface area contributed by atoms with Crippen LogP contribution in [0.2, 0.25) is 0 Å². The number of benzene rings is 2. The summed E-state index contributed by atoms with van der Waals surface area (Å²) in [5.41, 5.74) is 1.28. The van der Waals surface area contributed by atoms with Crippen molar-refractivity contribution in [2.75, 3.05) is 31.2 Å². The first kappa shape index (κ1) is 22.4. The van der Waals surface area contributed by atoms with Crippen molar-refractivity contribution in [1.29, 1.82) is 0 Å². The van der Waals surface area contributed by atoms with Gasteiger partial charge in [0.25, 0.3) is 5.91 Å². The zero-order valence-electron chi connectivity index (χ0n) is 19.7. The van der Waals surface area contributed by atoms with Gasteiger partial charge < -0.3 is 20.0 Å². The van der Waals surface area contributed by atoms with Crippen LogP contribution in [0.3, 0.4) is 0 Å². The van der Waals surface area contributed by atoms with E-state index >= 15 is 0 Å². The second-order valence-corrected chi connectivity index (χ2v) is 9.74. The number of rotatable bonds is 6. The Morgan fingerprint density at radius 2 is 1.62 bits per heavy atom. The van der Waals surface area contributed by atoms with Crippen LogP contribution in [0, 0.1) is 5.92 Å². The normalized spacial score (nSPS) is 20.5. The van der Waals surface area contributed by atoms with Gasteiger partial charge in [0, 0.05) is 24.7 Å². The number of nitrogens with one attached hydrogen (secondary N) is 1. The van der Waals surface area contributed by atoms with E-state index in [-0.39, 0.29) is 36.2 Å². The van der Waals surface area contributed by atoms with Crippen molar-refractivity contribution in [2.45, 2.75) is 44.2 Å². The van der Waals surface area contributed by atoms with Crippen LogP contribution in [0.15, 0.2) is 60.7 Å². The molecule has 3 aliphatic rings. The van der Waals surface area contributed by atoms with Gasteiger partial charge in [-0.15, -0.1) is 0 Å². The summed E-state index contributed by atoms with van der Waals surface area (Å²) in [6.07, 6.45) is 3.13. The van der Waals surface area contributed by atoms with Gasteiger partial charge in [-0.25, -0.2) is 0 Å². The maximum atomic E-state index is 13.8. The molecular formula is C27H32N4O3.